The smallest absolute Gasteiger partial charge is 0.276 e. The molecule has 0 unspecified atom stereocenters. The molecule has 0 bridgehead atoms. The van der Waals surface area contributed by atoms with Crippen LogP contribution >= 0.6 is 11.6 Å². The van der Waals surface area contributed by atoms with E-state index in [4.69, 9.17) is 20.4 Å². The normalized spacial score (nSPS) is 15.9. The number of aromatic nitrogens is 2. The number of sulfonamides is 1. The van der Waals surface area contributed by atoms with Gasteiger partial charge < -0.3 is 13.7 Å². The molecule has 1 aromatic carbocycles. The van der Waals surface area contributed by atoms with Crippen molar-refractivity contribution in [2.24, 2.45) is 0 Å². The predicted molar refractivity (Wildman–Crippen MR) is 109 cm³/mol. The van der Waals surface area contributed by atoms with Gasteiger partial charge in [0.25, 0.3) is 15.9 Å². The fraction of sp³-hybridized carbons (Fsp3) is 0.368. The van der Waals surface area contributed by atoms with Crippen LogP contribution in [0, 0.1) is 0 Å². The second kappa shape index (κ2) is 7.81. The predicted octanol–water partition coefficient (Wildman–Crippen LogP) is 3.62. The molecule has 29 heavy (non-hydrogen) atoms. The van der Waals surface area contributed by atoms with Crippen LogP contribution < -0.4 is 4.90 Å². The van der Waals surface area contributed by atoms with Crippen LogP contribution in [0.2, 0.25) is 5.02 Å². The molecule has 0 spiro atoms. The lowest BCUT2D eigenvalue weighted by molar-refractivity contribution is 0.362. The third-order valence-corrected chi connectivity index (χ3v) is 6.77. The van der Waals surface area contributed by atoms with Crippen LogP contribution in [0.4, 0.5) is 5.69 Å². The van der Waals surface area contributed by atoms with Crippen LogP contribution in [0.1, 0.15) is 25.7 Å². The van der Waals surface area contributed by atoms with Crippen molar-refractivity contribution in [1.82, 2.24) is 14.5 Å². The van der Waals surface area contributed by atoms with Gasteiger partial charge in [0.05, 0.1) is 5.56 Å². The molecular weight excluding hydrogens is 416 g/mol. The number of furan rings is 1. The first-order valence-corrected chi connectivity index (χ1v) is 11.1. The molecule has 4 rings (SSSR count). The average molecular weight is 437 g/mol. The lowest BCUT2D eigenvalue weighted by Gasteiger charge is -2.34. The molecule has 154 valence electrons. The number of nitrogens with zero attached hydrogens (tertiary/aromatic N) is 4. The Morgan fingerprint density at radius 1 is 1.10 bits per heavy atom. The first kappa shape index (κ1) is 19.9. The van der Waals surface area contributed by atoms with Crippen LogP contribution in [0.25, 0.3) is 11.5 Å². The summed E-state index contributed by atoms with van der Waals surface area (Å²) < 4.78 is 38.3. The Hall–Kier alpha value is -2.36. The largest absolute Gasteiger partial charge is 0.451 e. The molecule has 8 nitrogen and oxygen atoms in total. The van der Waals surface area contributed by atoms with Crippen molar-refractivity contribution in [1.29, 1.82) is 0 Å². The fourth-order valence-electron chi connectivity index (χ4n) is 3.14. The van der Waals surface area contributed by atoms with Gasteiger partial charge in [-0.25, -0.2) is 8.42 Å². The average Bonchev–Trinajstić information content (AvgIpc) is 3.38. The van der Waals surface area contributed by atoms with Gasteiger partial charge in [0.1, 0.15) is 6.26 Å². The molecule has 10 heteroatoms. The quantitative estimate of drug-likeness (QED) is 0.603. The van der Waals surface area contributed by atoms with Crippen LogP contribution in [-0.4, -0.2) is 49.1 Å². The standard InChI is InChI=1S/C19H21ClN4O4S/c1-13(2)18-21-22-19(28-18)14-10-17(27-12-14)29(25,26)24-8-6-23(7-9-24)16-5-3-4-15(20)11-16/h3-5,10-13H,6-9H2,1-2H3. The number of hydrogen-bond donors (Lipinski definition) is 0. The van der Waals surface area contributed by atoms with E-state index in [1.165, 1.54) is 16.6 Å². The Morgan fingerprint density at radius 3 is 2.52 bits per heavy atom. The topological polar surface area (TPSA) is 92.7 Å². The lowest BCUT2D eigenvalue weighted by atomic mass is 10.2. The molecule has 3 aromatic rings. The van der Waals surface area contributed by atoms with E-state index < -0.39 is 10.0 Å². The number of piperazine rings is 1. The molecule has 0 aliphatic carbocycles. The summed E-state index contributed by atoms with van der Waals surface area (Å²) in [4.78, 5) is 2.11. The molecule has 1 aliphatic heterocycles. The number of hydrogen-bond acceptors (Lipinski definition) is 7. The molecule has 0 radical (unpaired) electrons. The molecule has 0 atom stereocenters. The van der Waals surface area contributed by atoms with E-state index in [0.717, 1.165) is 5.69 Å². The van der Waals surface area contributed by atoms with Crippen molar-refractivity contribution in [3.05, 3.63) is 47.5 Å². The molecule has 1 saturated heterocycles. The van der Waals surface area contributed by atoms with Gasteiger partial charge >= 0.3 is 0 Å². The number of halogens is 1. The first-order valence-electron chi connectivity index (χ1n) is 9.27. The van der Waals surface area contributed by atoms with Gasteiger partial charge in [-0.3, -0.25) is 0 Å². The van der Waals surface area contributed by atoms with E-state index >= 15 is 0 Å². The highest BCUT2D eigenvalue weighted by molar-refractivity contribution is 7.89. The van der Waals surface area contributed by atoms with Gasteiger partial charge in [0.15, 0.2) is 0 Å². The maximum absolute atomic E-state index is 13.0. The Labute approximate surface area is 174 Å². The molecule has 0 saturated carbocycles. The summed E-state index contributed by atoms with van der Waals surface area (Å²) in [7, 11) is -3.75. The Morgan fingerprint density at radius 2 is 1.86 bits per heavy atom. The summed E-state index contributed by atoms with van der Waals surface area (Å²) >= 11 is 6.05. The van der Waals surface area contributed by atoms with Gasteiger partial charge in [-0.05, 0) is 18.2 Å². The van der Waals surface area contributed by atoms with Crippen LogP contribution in [0.15, 0.2) is 50.5 Å². The van der Waals surface area contributed by atoms with E-state index in [9.17, 15) is 8.42 Å². The zero-order valence-electron chi connectivity index (χ0n) is 16.1. The maximum Gasteiger partial charge on any atom is 0.276 e. The Kier molecular flexibility index (Phi) is 5.37. The van der Waals surface area contributed by atoms with Crippen molar-refractivity contribution in [2.75, 3.05) is 31.1 Å². The Bertz CT molecular complexity index is 1100. The number of benzene rings is 1. The van der Waals surface area contributed by atoms with Crippen molar-refractivity contribution in [2.45, 2.75) is 24.9 Å². The molecular formula is C19H21ClN4O4S. The zero-order chi connectivity index (χ0) is 20.6. The zero-order valence-corrected chi connectivity index (χ0v) is 17.7. The molecule has 2 aromatic heterocycles. The lowest BCUT2D eigenvalue weighted by Crippen LogP contribution is -2.48. The fourth-order valence-corrected chi connectivity index (χ4v) is 4.66. The summed E-state index contributed by atoms with van der Waals surface area (Å²) in [5.74, 6) is 0.814. The van der Waals surface area contributed by atoms with Gasteiger partial charge in [-0.1, -0.05) is 31.5 Å². The SMILES string of the molecule is CC(C)c1nnc(-c2coc(S(=O)(=O)N3CCN(c4cccc(Cl)c4)CC3)c2)o1. The molecule has 0 amide bonds. The van der Waals surface area contributed by atoms with E-state index in [1.54, 1.807) is 0 Å². The summed E-state index contributed by atoms with van der Waals surface area (Å²) in [6, 6.07) is 8.96. The van der Waals surface area contributed by atoms with Gasteiger partial charge in [0.2, 0.25) is 11.0 Å². The van der Waals surface area contributed by atoms with Gasteiger partial charge in [-0.15, -0.1) is 10.2 Å². The van der Waals surface area contributed by atoms with E-state index in [0.29, 0.717) is 42.7 Å². The first-order chi connectivity index (χ1) is 13.8. The number of rotatable bonds is 5. The summed E-state index contributed by atoms with van der Waals surface area (Å²) in [5.41, 5.74) is 1.42. The molecule has 3 heterocycles. The summed E-state index contributed by atoms with van der Waals surface area (Å²) in [6.07, 6.45) is 1.33. The van der Waals surface area contributed by atoms with E-state index in [2.05, 4.69) is 15.1 Å². The summed E-state index contributed by atoms with van der Waals surface area (Å²) in [5, 5.41) is 8.45. The molecule has 1 aliphatic rings. The second-order valence-electron chi connectivity index (χ2n) is 7.13. The van der Waals surface area contributed by atoms with E-state index in [1.807, 2.05) is 38.1 Å². The van der Waals surface area contributed by atoms with Gasteiger partial charge in [0, 0.05) is 48.9 Å². The van der Waals surface area contributed by atoms with Crippen LogP contribution in [0.5, 0.6) is 0 Å². The van der Waals surface area contributed by atoms with Gasteiger partial charge in [-0.2, -0.15) is 4.31 Å². The monoisotopic (exact) mass is 436 g/mol. The number of anilines is 1. The molecule has 0 N–H and O–H groups in total. The third kappa shape index (κ3) is 4.03. The minimum atomic E-state index is -3.75. The van der Waals surface area contributed by atoms with Crippen molar-refractivity contribution in [3.63, 3.8) is 0 Å². The molecule has 1 fully saturated rings. The highest BCUT2D eigenvalue weighted by Crippen LogP contribution is 2.28. The van der Waals surface area contributed by atoms with Crippen LogP contribution in [-0.2, 0) is 10.0 Å². The minimum absolute atomic E-state index is 0.0853. The summed E-state index contributed by atoms with van der Waals surface area (Å²) in [6.45, 7) is 5.70. The van der Waals surface area contributed by atoms with Crippen molar-refractivity contribution in [3.8, 4) is 11.5 Å². The van der Waals surface area contributed by atoms with Crippen LogP contribution in [0.3, 0.4) is 0 Å². The highest BCUT2D eigenvalue weighted by atomic mass is 35.5. The van der Waals surface area contributed by atoms with Crippen molar-refractivity contribution < 1.29 is 17.3 Å². The van der Waals surface area contributed by atoms with E-state index in [-0.39, 0.29) is 16.9 Å². The highest BCUT2D eigenvalue weighted by Gasteiger charge is 2.31. The third-order valence-electron chi connectivity index (χ3n) is 4.76. The Balaban J connectivity index is 1.47. The maximum atomic E-state index is 13.0. The van der Waals surface area contributed by atoms with Crippen molar-refractivity contribution >= 4 is 27.3 Å². The second-order valence-corrected chi connectivity index (χ2v) is 9.43. The minimum Gasteiger partial charge on any atom is -0.451 e.